The number of carbonyl (C=O) groups is 1. The van der Waals surface area contributed by atoms with Crippen LogP contribution in [-0.2, 0) is 9.53 Å². The lowest BCUT2D eigenvalue weighted by Crippen LogP contribution is -2.35. The van der Waals surface area contributed by atoms with Gasteiger partial charge in [-0.25, -0.2) is 9.18 Å². The Labute approximate surface area is 108 Å². The van der Waals surface area contributed by atoms with Crippen molar-refractivity contribution in [3.05, 3.63) is 29.3 Å². The van der Waals surface area contributed by atoms with Crippen LogP contribution in [0.5, 0.6) is 5.75 Å². The number of esters is 1. The molecule has 7 heteroatoms. The molecule has 0 aliphatic heterocycles. The molecular weight excluding hydrogens is 260 g/mol. The zero-order valence-electron chi connectivity index (χ0n) is 10.5. The molecule has 1 aromatic rings. The summed E-state index contributed by atoms with van der Waals surface area (Å²) in [5, 5.41) is 9.68. The van der Waals surface area contributed by atoms with Crippen LogP contribution < -0.4 is 10.5 Å². The van der Waals surface area contributed by atoms with Gasteiger partial charge in [-0.1, -0.05) is 6.07 Å². The molecule has 106 valence electrons. The lowest BCUT2D eigenvalue weighted by Gasteiger charge is -2.20. The standard InChI is InChI=1S/C12H15F2NO4/c1-3-19-12(17)10(16)9(15)6-4-5-7(13)8(14)11(6)18-2/h4-5,9-10,16H,3,15H2,1-2H3/t9-,10+/m0/s1. The van der Waals surface area contributed by atoms with Crippen LogP contribution in [0.3, 0.4) is 0 Å². The molecule has 0 aliphatic carbocycles. The quantitative estimate of drug-likeness (QED) is 0.780. The van der Waals surface area contributed by atoms with Crippen molar-refractivity contribution < 1.29 is 28.2 Å². The molecule has 19 heavy (non-hydrogen) atoms. The van der Waals surface area contributed by atoms with Crippen LogP contribution in [0.25, 0.3) is 0 Å². The number of hydrogen-bond donors (Lipinski definition) is 2. The molecule has 0 aromatic heterocycles. The number of hydrogen-bond acceptors (Lipinski definition) is 5. The average Bonchev–Trinajstić information content (AvgIpc) is 2.40. The topological polar surface area (TPSA) is 81.8 Å². The third-order valence-corrected chi connectivity index (χ3v) is 2.51. The van der Waals surface area contributed by atoms with Crippen molar-refractivity contribution in [2.75, 3.05) is 13.7 Å². The van der Waals surface area contributed by atoms with E-state index in [9.17, 15) is 18.7 Å². The number of nitrogens with two attached hydrogens (primary N) is 1. The van der Waals surface area contributed by atoms with Crippen LogP contribution in [0.15, 0.2) is 12.1 Å². The molecule has 0 spiro atoms. The predicted molar refractivity (Wildman–Crippen MR) is 62.5 cm³/mol. The van der Waals surface area contributed by atoms with Crippen molar-refractivity contribution in [1.29, 1.82) is 0 Å². The highest BCUT2D eigenvalue weighted by molar-refractivity contribution is 5.75. The van der Waals surface area contributed by atoms with Gasteiger partial charge in [0.05, 0.1) is 19.8 Å². The highest BCUT2D eigenvalue weighted by atomic mass is 19.2. The summed E-state index contributed by atoms with van der Waals surface area (Å²) in [5.41, 5.74) is 5.62. The summed E-state index contributed by atoms with van der Waals surface area (Å²) in [6, 6.07) is 0.694. The summed E-state index contributed by atoms with van der Waals surface area (Å²) in [6.45, 7) is 1.63. The third-order valence-electron chi connectivity index (χ3n) is 2.51. The molecule has 1 rings (SSSR count). The fourth-order valence-electron chi connectivity index (χ4n) is 1.56. The number of halogens is 2. The molecule has 0 amide bonds. The molecule has 1 aromatic carbocycles. The van der Waals surface area contributed by atoms with E-state index in [1.165, 1.54) is 0 Å². The second-order valence-electron chi connectivity index (χ2n) is 3.71. The van der Waals surface area contributed by atoms with Gasteiger partial charge < -0.3 is 20.3 Å². The van der Waals surface area contributed by atoms with Gasteiger partial charge in [0.25, 0.3) is 0 Å². The monoisotopic (exact) mass is 275 g/mol. The zero-order chi connectivity index (χ0) is 14.6. The SMILES string of the molecule is CCOC(=O)[C@H](O)[C@@H](N)c1ccc(F)c(F)c1OC. The first-order valence-electron chi connectivity index (χ1n) is 5.56. The largest absolute Gasteiger partial charge is 0.493 e. The number of carbonyl (C=O) groups excluding carboxylic acids is 1. The smallest absolute Gasteiger partial charge is 0.336 e. The minimum absolute atomic E-state index is 0.0260. The van der Waals surface area contributed by atoms with Gasteiger partial charge in [-0.2, -0.15) is 4.39 Å². The van der Waals surface area contributed by atoms with Crippen molar-refractivity contribution in [3.8, 4) is 5.75 Å². The highest BCUT2D eigenvalue weighted by Crippen LogP contribution is 2.30. The van der Waals surface area contributed by atoms with E-state index in [0.29, 0.717) is 0 Å². The zero-order valence-corrected chi connectivity index (χ0v) is 10.5. The van der Waals surface area contributed by atoms with E-state index < -0.39 is 35.5 Å². The highest BCUT2D eigenvalue weighted by Gasteiger charge is 2.29. The molecule has 0 aliphatic rings. The molecule has 0 fully saturated rings. The van der Waals surface area contributed by atoms with E-state index in [0.717, 1.165) is 19.2 Å². The van der Waals surface area contributed by atoms with E-state index in [1.807, 2.05) is 0 Å². The van der Waals surface area contributed by atoms with Crippen LogP contribution in [0, 0.1) is 11.6 Å². The number of aliphatic hydroxyl groups excluding tert-OH is 1. The fraction of sp³-hybridized carbons (Fsp3) is 0.417. The van der Waals surface area contributed by atoms with Crippen LogP contribution in [0.4, 0.5) is 8.78 Å². The van der Waals surface area contributed by atoms with Gasteiger partial charge in [0.2, 0.25) is 5.82 Å². The Balaban J connectivity index is 3.09. The number of ether oxygens (including phenoxy) is 2. The minimum Gasteiger partial charge on any atom is -0.493 e. The van der Waals surface area contributed by atoms with Crippen molar-refractivity contribution in [1.82, 2.24) is 0 Å². The molecule has 0 saturated carbocycles. The first-order valence-corrected chi connectivity index (χ1v) is 5.56. The number of aliphatic hydroxyl groups is 1. The van der Waals surface area contributed by atoms with Crippen LogP contribution in [-0.4, -0.2) is 30.9 Å². The van der Waals surface area contributed by atoms with Crippen molar-refractivity contribution in [3.63, 3.8) is 0 Å². The van der Waals surface area contributed by atoms with Gasteiger partial charge in [-0.3, -0.25) is 0 Å². The molecule has 0 bridgehead atoms. The molecule has 3 N–H and O–H groups in total. The Morgan fingerprint density at radius 3 is 2.63 bits per heavy atom. The van der Waals surface area contributed by atoms with E-state index in [-0.39, 0.29) is 12.2 Å². The maximum Gasteiger partial charge on any atom is 0.336 e. The normalized spacial score (nSPS) is 13.8. The Kier molecular flexibility index (Phi) is 5.20. The Bertz CT molecular complexity index is 467. The average molecular weight is 275 g/mol. The molecule has 0 heterocycles. The van der Waals surface area contributed by atoms with Crippen LogP contribution >= 0.6 is 0 Å². The van der Waals surface area contributed by atoms with Crippen molar-refractivity contribution in [2.24, 2.45) is 5.73 Å². The number of benzene rings is 1. The predicted octanol–water partition coefficient (Wildman–Crippen LogP) is 0.897. The van der Waals surface area contributed by atoms with Crippen LogP contribution in [0.2, 0.25) is 0 Å². The Morgan fingerprint density at radius 2 is 2.11 bits per heavy atom. The van der Waals surface area contributed by atoms with Crippen molar-refractivity contribution >= 4 is 5.97 Å². The lowest BCUT2D eigenvalue weighted by molar-refractivity contribution is -0.154. The summed E-state index contributed by atoms with van der Waals surface area (Å²) >= 11 is 0. The summed E-state index contributed by atoms with van der Waals surface area (Å²) in [6.07, 6.45) is -1.70. The molecule has 0 saturated heterocycles. The first kappa shape index (κ1) is 15.3. The van der Waals surface area contributed by atoms with Gasteiger partial charge in [0.1, 0.15) is 0 Å². The summed E-state index contributed by atoms with van der Waals surface area (Å²) in [7, 11) is 1.13. The Morgan fingerprint density at radius 1 is 1.47 bits per heavy atom. The van der Waals surface area contributed by atoms with E-state index in [2.05, 4.69) is 4.74 Å². The van der Waals surface area contributed by atoms with Gasteiger partial charge in [-0.05, 0) is 13.0 Å². The Hall–Kier alpha value is -1.73. The van der Waals surface area contributed by atoms with Gasteiger partial charge >= 0.3 is 5.97 Å². The molecule has 2 atom stereocenters. The maximum atomic E-state index is 13.5. The second kappa shape index (κ2) is 6.44. The van der Waals surface area contributed by atoms with E-state index >= 15 is 0 Å². The molecule has 0 radical (unpaired) electrons. The molecule has 5 nitrogen and oxygen atoms in total. The molecular formula is C12H15F2NO4. The van der Waals surface area contributed by atoms with E-state index in [4.69, 9.17) is 10.5 Å². The minimum atomic E-state index is -1.70. The van der Waals surface area contributed by atoms with Gasteiger partial charge in [0, 0.05) is 5.56 Å². The van der Waals surface area contributed by atoms with Crippen LogP contribution in [0.1, 0.15) is 18.5 Å². The van der Waals surface area contributed by atoms with Gasteiger partial charge in [-0.15, -0.1) is 0 Å². The van der Waals surface area contributed by atoms with E-state index in [1.54, 1.807) is 6.92 Å². The maximum absolute atomic E-state index is 13.5. The van der Waals surface area contributed by atoms with Gasteiger partial charge in [0.15, 0.2) is 17.7 Å². The third kappa shape index (κ3) is 3.18. The molecule has 0 unspecified atom stereocenters. The summed E-state index contributed by atoms with van der Waals surface area (Å²) in [4.78, 5) is 11.3. The lowest BCUT2D eigenvalue weighted by atomic mass is 10.0. The van der Waals surface area contributed by atoms with Crippen molar-refractivity contribution in [2.45, 2.75) is 19.1 Å². The number of rotatable bonds is 5. The second-order valence-corrected chi connectivity index (χ2v) is 3.71. The first-order chi connectivity index (χ1) is 8.93. The summed E-state index contributed by atoms with van der Waals surface area (Å²) in [5.74, 6) is -3.73. The number of methoxy groups -OCH3 is 1. The summed E-state index contributed by atoms with van der Waals surface area (Å²) < 4.78 is 35.8. The fourth-order valence-corrected chi connectivity index (χ4v) is 1.56.